The van der Waals surface area contributed by atoms with Gasteiger partial charge in [0.2, 0.25) is 5.88 Å². The lowest BCUT2D eigenvalue weighted by atomic mass is 9.95. The zero-order chi connectivity index (χ0) is 23.5. The number of aryl methyl sites for hydroxylation is 1. The molecule has 1 aliphatic heterocycles. The smallest absolute Gasteiger partial charge is 0.230 e. The van der Waals surface area contributed by atoms with Crippen molar-refractivity contribution < 1.29 is 18.6 Å². The molecule has 2 N–H and O–H groups in total. The second-order valence-electron chi connectivity index (χ2n) is 8.80. The third-order valence-electron chi connectivity index (χ3n) is 6.34. The number of nitrogens with one attached hydrogen (secondary N) is 2. The highest BCUT2D eigenvalue weighted by atomic mass is 19.1. The monoisotopic (exact) mass is 464 g/mol. The summed E-state index contributed by atoms with van der Waals surface area (Å²) in [5, 5.41) is 4.55. The van der Waals surface area contributed by atoms with E-state index in [2.05, 4.69) is 20.3 Å². The molecule has 2 aromatic carbocycles. The third-order valence-corrected chi connectivity index (χ3v) is 6.34. The number of methoxy groups -OCH3 is 1. The van der Waals surface area contributed by atoms with Crippen LogP contribution < -0.4 is 19.5 Å². The number of benzene rings is 2. The fourth-order valence-corrected chi connectivity index (χ4v) is 4.59. The Bertz CT molecular complexity index is 1300. The first kappa shape index (κ1) is 22.4. The van der Waals surface area contributed by atoms with Gasteiger partial charge in [-0.1, -0.05) is 0 Å². The van der Waals surface area contributed by atoms with Gasteiger partial charge in [-0.25, -0.2) is 14.4 Å². The predicted molar refractivity (Wildman–Crippen MR) is 129 cm³/mol. The van der Waals surface area contributed by atoms with Crippen molar-refractivity contribution in [3.63, 3.8) is 0 Å². The van der Waals surface area contributed by atoms with Crippen molar-refractivity contribution in [1.82, 2.24) is 20.3 Å². The van der Waals surface area contributed by atoms with E-state index in [9.17, 15) is 0 Å². The molecule has 0 saturated carbocycles. The van der Waals surface area contributed by atoms with Crippen LogP contribution in [-0.2, 0) is 0 Å². The molecule has 3 heterocycles. The van der Waals surface area contributed by atoms with Crippen molar-refractivity contribution in [2.24, 2.45) is 5.92 Å². The number of fused-ring (bicyclic) bond motifs is 2. The molecule has 0 spiro atoms. The number of hydrogen-bond donors (Lipinski definition) is 2. The van der Waals surface area contributed by atoms with Crippen LogP contribution in [0.1, 0.15) is 31.4 Å². The van der Waals surface area contributed by atoms with Crippen LogP contribution in [0, 0.1) is 18.7 Å². The third kappa shape index (κ3) is 4.63. The fourth-order valence-electron chi connectivity index (χ4n) is 4.59. The fraction of sp³-hybridized carbons (Fsp3) is 0.385. The van der Waals surface area contributed by atoms with Crippen LogP contribution in [-0.4, -0.2) is 41.8 Å². The number of nitrogens with zero attached hydrogens (tertiary/aromatic N) is 2. The van der Waals surface area contributed by atoms with Gasteiger partial charge in [0.15, 0.2) is 23.1 Å². The summed E-state index contributed by atoms with van der Waals surface area (Å²) in [5.74, 6) is 1.82. The summed E-state index contributed by atoms with van der Waals surface area (Å²) in [6, 6.07) is 8.74. The van der Waals surface area contributed by atoms with Gasteiger partial charge in [-0.2, -0.15) is 0 Å². The highest BCUT2D eigenvalue weighted by molar-refractivity contribution is 5.87. The van der Waals surface area contributed by atoms with Gasteiger partial charge in [-0.05, 0) is 75.9 Å². The van der Waals surface area contributed by atoms with Crippen LogP contribution in [0.25, 0.3) is 21.8 Å². The Kier molecular flexibility index (Phi) is 6.49. The summed E-state index contributed by atoms with van der Waals surface area (Å²) in [4.78, 5) is 11.7. The van der Waals surface area contributed by atoms with Crippen LogP contribution in [0.15, 0.2) is 36.7 Å². The molecule has 0 amide bonds. The average molecular weight is 465 g/mol. The lowest BCUT2D eigenvalue weighted by molar-refractivity contribution is 0.264. The topological polar surface area (TPSA) is 81.3 Å². The molecular weight excluding hydrogens is 435 g/mol. The van der Waals surface area contributed by atoms with E-state index in [1.807, 2.05) is 13.0 Å². The molecule has 5 rings (SSSR count). The van der Waals surface area contributed by atoms with Crippen LogP contribution in [0.4, 0.5) is 4.39 Å². The van der Waals surface area contributed by atoms with E-state index in [0.29, 0.717) is 34.4 Å². The number of aromatic nitrogens is 3. The molecule has 4 aromatic rings. The van der Waals surface area contributed by atoms with E-state index in [1.54, 1.807) is 31.4 Å². The van der Waals surface area contributed by atoms with Crippen molar-refractivity contribution in [2.45, 2.75) is 32.6 Å². The lowest BCUT2D eigenvalue weighted by Crippen LogP contribution is -2.29. The van der Waals surface area contributed by atoms with Gasteiger partial charge in [0.05, 0.1) is 24.6 Å². The number of ether oxygens (including phenoxy) is 3. The Morgan fingerprint density at radius 2 is 2.00 bits per heavy atom. The van der Waals surface area contributed by atoms with Gasteiger partial charge in [0.25, 0.3) is 0 Å². The van der Waals surface area contributed by atoms with Crippen molar-refractivity contribution >= 4 is 21.8 Å². The second kappa shape index (κ2) is 9.85. The van der Waals surface area contributed by atoms with Gasteiger partial charge in [-0.3, -0.25) is 0 Å². The first-order valence-corrected chi connectivity index (χ1v) is 11.7. The molecular formula is C26H29FN4O3. The number of H-pyrrole nitrogens is 1. The van der Waals surface area contributed by atoms with Gasteiger partial charge < -0.3 is 24.5 Å². The van der Waals surface area contributed by atoms with E-state index >= 15 is 4.39 Å². The summed E-state index contributed by atoms with van der Waals surface area (Å²) in [5.41, 5.74) is 2.24. The summed E-state index contributed by atoms with van der Waals surface area (Å²) >= 11 is 0. The van der Waals surface area contributed by atoms with Crippen molar-refractivity contribution in [1.29, 1.82) is 0 Å². The molecule has 0 radical (unpaired) electrons. The summed E-state index contributed by atoms with van der Waals surface area (Å²) in [7, 11) is 1.59. The first-order chi connectivity index (χ1) is 16.6. The second-order valence-corrected chi connectivity index (χ2v) is 8.80. The molecule has 1 unspecified atom stereocenters. The number of hydrogen-bond acceptors (Lipinski definition) is 6. The molecule has 178 valence electrons. The molecule has 1 aliphatic rings. The molecule has 7 nitrogen and oxygen atoms in total. The molecule has 34 heavy (non-hydrogen) atoms. The molecule has 0 aliphatic carbocycles. The van der Waals surface area contributed by atoms with Crippen LogP contribution in [0.2, 0.25) is 0 Å². The minimum atomic E-state index is -0.436. The molecule has 2 aromatic heterocycles. The zero-order valence-electron chi connectivity index (χ0n) is 19.5. The molecule has 1 saturated heterocycles. The standard InChI is InChI=1S/C26H29FN4O3/c1-16-11-18-20(31-16)7-8-22(25(18)27)34-26-19-12-23(32-2)24(13-21(19)29-15-30-26)33-10-4-6-17-5-3-9-28-14-17/h7-8,11-13,15,17,28,31H,3-6,9-10,14H2,1-2H3. The Hall–Kier alpha value is -3.39. The van der Waals surface area contributed by atoms with Crippen LogP contribution in [0.3, 0.4) is 0 Å². The summed E-state index contributed by atoms with van der Waals surface area (Å²) < 4.78 is 32.6. The number of halogens is 1. The van der Waals surface area contributed by atoms with Gasteiger partial charge in [-0.15, -0.1) is 0 Å². The van der Waals surface area contributed by atoms with E-state index < -0.39 is 5.82 Å². The van der Waals surface area contributed by atoms with E-state index in [1.165, 1.54) is 19.2 Å². The van der Waals surface area contributed by atoms with Gasteiger partial charge in [0, 0.05) is 22.7 Å². The van der Waals surface area contributed by atoms with Crippen molar-refractivity contribution in [3.8, 4) is 23.1 Å². The first-order valence-electron chi connectivity index (χ1n) is 11.7. The van der Waals surface area contributed by atoms with E-state index in [0.717, 1.165) is 43.1 Å². The maximum absolute atomic E-state index is 15.0. The van der Waals surface area contributed by atoms with Crippen LogP contribution in [0.5, 0.6) is 23.1 Å². The molecule has 8 heteroatoms. The maximum Gasteiger partial charge on any atom is 0.230 e. The van der Waals surface area contributed by atoms with Crippen molar-refractivity contribution in [2.75, 3.05) is 26.8 Å². The largest absolute Gasteiger partial charge is 0.493 e. The molecule has 1 fully saturated rings. The maximum atomic E-state index is 15.0. The Morgan fingerprint density at radius 3 is 2.82 bits per heavy atom. The number of aromatic amines is 1. The van der Waals surface area contributed by atoms with Crippen LogP contribution >= 0.6 is 0 Å². The highest BCUT2D eigenvalue weighted by Crippen LogP contribution is 2.37. The van der Waals surface area contributed by atoms with E-state index in [-0.39, 0.29) is 11.6 Å². The number of rotatable bonds is 8. The summed E-state index contributed by atoms with van der Waals surface area (Å²) in [6.07, 6.45) is 6.05. The Morgan fingerprint density at radius 1 is 1.09 bits per heavy atom. The number of piperidine rings is 1. The van der Waals surface area contributed by atoms with Gasteiger partial charge >= 0.3 is 0 Å². The zero-order valence-corrected chi connectivity index (χ0v) is 19.5. The minimum absolute atomic E-state index is 0.1000. The summed E-state index contributed by atoms with van der Waals surface area (Å²) in [6.45, 7) is 4.71. The average Bonchev–Trinajstić information content (AvgIpc) is 3.25. The Balaban J connectivity index is 1.35. The van der Waals surface area contributed by atoms with E-state index in [4.69, 9.17) is 14.2 Å². The molecule has 1 atom stereocenters. The molecule has 0 bridgehead atoms. The SMILES string of the molecule is COc1cc2c(Oc3ccc4[nH]c(C)cc4c3F)ncnc2cc1OCCCC1CCCNC1. The normalized spacial score (nSPS) is 16.1. The van der Waals surface area contributed by atoms with Gasteiger partial charge in [0.1, 0.15) is 6.33 Å². The van der Waals surface area contributed by atoms with Crippen molar-refractivity contribution in [3.05, 3.63) is 48.2 Å². The minimum Gasteiger partial charge on any atom is -0.493 e. The predicted octanol–water partition coefficient (Wildman–Crippen LogP) is 5.52. The quantitative estimate of drug-likeness (QED) is 0.334. The Labute approximate surface area is 197 Å². The lowest BCUT2D eigenvalue weighted by Gasteiger charge is -2.22. The highest BCUT2D eigenvalue weighted by Gasteiger charge is 2.17.